The second-order valence-corrected chi connectivity index (χ2v) is 2.17. The van der Waals surface area contributed by atoms with Crippen molar-refractivity contribution in [2.24, 2.45) is 0 Å². The van der Waals surface area contributed by atoms with Gasteiger partial charge < -0.3 is 10.3 Å². The van der Waals surface area contributed by atoms with E-state index in [4.69, 9.17) is 0 Å². The summed E-state index contributed by atoms with van der Waals surface area (Å²) < 4.78 is 0. The fourth-order valence-electron chi connectivity index (χ4n) is 0.702. The normalized spacial score (nSPS) is 9.55. The highest BCUT2D eigenvalue weighted by Gasteiger charge is 1.97. The topological polar surface area (TPSA) is 57.8 Å². The molecule has 1 aromatic rings. The predicted octanol–water partition coefficient (Wildman–Crippen LogP) is 0.436. The van der Waals surface area contributed by atoms with E-state index in [2.05, 4.69) is 15.3 Å². The maximum atomic E-state index is 10.8. The van der Waals surface area contributed by atoms with Crippen LogP contribution in [-0.4, -0.2) is 15.9 Å². The molecule has 60 valence electrons. The van der Waals surface area contributed by atoms with Crippen molar-refractivity contribution in [3.63, 3.8) is 0 Å². The molecule has 4 heteroatoms. The maximum absolute atomic E-state index is 10.8. The van der Waals surface area contributed by atoms with Crippen LogP contribution in [0.4, 0.5) is 0 Å². The van der Waals surface area contributed by atoms with E-state index in [1.54, 1.807) is 12.4 Å². The highest BCUT2D eigenvalue weighted by Crippen LogP contribution is 1.86. The first-order chi connectivity index (χ1) is 5.33. The molecule has 4 nitrogen and oxygen atoms in total. The van der Waals surface area contributed by atoms with Crippen molar-refractivity contribution in [2.45, 2.75) is 19.9 Å². The number of nitrogens with one attached hydrogen (secondary N) is 2. The number of imidazole rings is 1. The third kappa shape index (κ3) is 2.41. The Kier molecular flexibility index (Phi) is 2.66. The molecule has 0 spiro atoms. The Morgan fingerprint density at radius 1 is 1.82 bits per heavy atom. The van der Waals surface area contributed by atoms with Crippen LogP contribution in [-0.2, 0) is 11.3 Å². The second-order valence-electron chi connectivity index (χ2n) is 2.17. The number of nitrogens with zero attached hydrogens (tertiary/aromatic N) is 1. The summed E-state index contributed by atoms with van der Waals surface area (Å²) in [6.45, 7) is 2.30. The molecule has 1 rings (SSSR count). The van der Waals surface area contributed by atoms with Crippen LogP contribution in [0.25, 0.3) is 0 Å². The molecule has 0 saturated carbocycles. The van der Waals surface area contributed by atoms with E-state index in [1.807, 2.05) is 6.92 Å². The van der Waals surface area contributed by atoms with E-state index in [0.717, 1.165) is 5.82 Å². The lowest BCUT2D eigenvalue weighted by Crippen LogP contribution is -2.21. The van der Waals surface area contributed by atoms with Crippen molar-refractivity contribution in [2.75, 3.05) is 0 Å². The summed E-state index contributed by atoms with van der Waals surface area (Å²) in [4.78, 5) is 17.6. The third-order valence-electron chi connectivity index (χ3n) is 1.33. The molecule has 11 heavy (non-hydrogen) atoms. The van der Waals surface area contributed by atoms with Gasteiger partial charge in [0.05, 0.1) is 6.54 Å². The lowest BCUT2D eigenvalue weighted by atomic mass is 10.4. The van der Waals surface area contributed by atoms with E-state index in [-0.39, 0.29) is 5.91 Å². The van der Waals surface area contributed by atoms with Crippen LogP contribution < -0.4 is 5.32 Å². The van der Waals surface area contributed by atoms with Crippen molar-refractivity contribution in [1.29, 1.82) is 0 Å². The van der Waals surface area contributed by atoms with E-state index in [0.29, 0.717) is 13.0 Å². The van der Waals surface area contributed by atoms with Crippen LogP contribution in [0.3, 0.4) is 0 Å². The molecule has 1 aromatic heterocycles. The summed E-state index contributed by atoms with van der Waals surface area (Å²) in [6, 6.07) is 0. The summed E-state index contributed by atoms with van der Waals surface area (Å²) in [5.74, 6) is 0.827. The summed E-state index contributed by atoms with van der Waals surface area (Å²) in [5.41, 5.74) is 0. The van der Waals surface area contributed by atoms with E-state index >= 15 is 0 Å². The maximum Gasteiger partial charge on any atom is 0.220 e. The van der Waals surface area contributed by atoms with Gasteiger partial charge in [0.2, 0.25) is 5.91 Å². The molecular formula is C7H11N3O. The first kappa shape index (κ1) is 7.78. The number of carbonyl (C=O) groups excluding carboxylic acids is 1. The van der Waals surface area contributed by atoms with Crippen LogP contribution in [0.2, 0.25) is 0 Å². The highest BCUT2D eigenvalue weighted by molar-refractivity contribution is 5.75. The van der Waals surface area contributed by atoms with Gasteiger partial charge >= 0.3 is 0 Å². The monoisotopic (exact) mass is 153 g/mol. The van der Waals surface area contributed by atoms with E-state index in [1.165, 1.54) is 0 Å². The SMILES string of the molecule is CCC(=O)NCc1ncc[nH]1. The average Bonchev–Trinajstić information content (AvgIpc) is 2.52. The van der Waals surface area contributed by atoms with Gasteiger partial charge in [0.1, 0.15) is 5.82 Å². The number of H-pyrrole nitrogens is 1. The zero-order valence-electron chi connectivity index (χ0n) is 6.42. The second kappa shape index (κ2) is 3.75. The first-order valence-electron chi connectivity index (χ1n) is 3.58. The molecule has 0 aliphatic heterocycles. The predicted molar refractivity (Wildman–Crippen MR) is 40.7 cm³/mol. The number of aromatic nitrogens is 2. The van der Waals surface area contributed by atoms with Crippen molar-refractivity contribution in [3.8, 4) is 0 Å². The fraction of sp³-hybridized carbons (Fsp3) is 0.429. The average molecular weight is 153 g/mol. The van der Waals surface area contributed by atoms with Gasteiger partial charge in [-0.25, -0.2) is 4.98 Å². The van der Waals surface area contributed by atoms with Gasteiger partial charge in [0.15, 0.2) is 0 Å². The van der Waals surface area contributed by atoms with Crippen molar-refractivity contribution in [1.82, 2.24) is 15.3 Å². The number of rotatable bonds is 3. The highest BCUT2D eigenvalue weighted by atomic mass is 16.1. The summed E-state index contributed by atoms with van der Waals surface area (Å²) in [5, 5.41) is 2.70. The molecule has 0 aliphatic carbocycles. The number of carbonyl (C=O) groups is 1. The molecule has 0 radical (unpaired) electrons. The van der Waals surface area contributed by atoms with Crippen molar-refractivity contribution < 1.29 is 4.79 Å². The van der Waals surface area contributed by atoms with Gasteiger partial charge in [-0.3, -0.25) is 4.79 Å². The van der Waals surface area contributed by atoms with Crippen molar-refractivity contribution >= 4 is 5.91 Å². The molecule has 0 saturated heterocycles. The summed E-state index contributed by atoms with van der Waals surface area (Å²) in [6.07, 6.45) is 3.90. The van der Waals surface area contributed by atoms with Gasteiger partial charge in [-0.1, -0.05) is 6.92 Å². The van der Waals surface area contributed by atoms with Crippen LogP contribution in [0.1, 0.15) is 19.2 Å². The molecular weight excluding hydrogens is 142 g/mol. The zero-order chi connectivity index (χ0) is 8.10. The smallest absolute Gasteiger partial charge is 0.220 e. The molecule has 0 aliphatic rings. The van der Waals surface area contributed by atoms with Crippen LogP contribution in [0.15, 0.2) is 12.4 Å². The zero-order valence-corrected chi connectivity index (χ0v) is 6.42. The standard InChI is InChI=1S/C7H11N3O/c1-2-7(11)10-5-6-8-3-4-9-6/h3-4H,2,5H2,1H3,(H,8,9)(H,10,11). The summed E-state index contributed by atoms with van der Waals surface area (Å²) >= 11 is 0. The molecule has 0 atom stereocenters. The van der Waals surface area contributed by atoms with E-state index in [9.17, 15) is 4.79 Å². The number of hydrogen-bond donors (Lipinski definition) is 2. The number of aromatic amines is 1. The van der Waals surface area contributed by atoms with Gasteiger partial charge in [0, 0.05) is 18.8 Å². The molecule has 1 heterocycles. The molecule has 0 fully saturated rings. The van der Waals surface area contributed by atoms with Crippen LogP contribution in [0.5, 0.6) is 0 Å². The molecule has 2 N–H and O–H groups in total. The molecule has 0 aromatic carbocycles. The first-order valence-corrected chi connectivity index (χ1v) is 3.58. The minimum atomic E-state index is 0.0430. The number of hydrogen-bond acceptors (Lipinski definition) is 2. The Bertz CT molecular complexity index is 218. The summed E-state index contributed by atoms with van der Waals surface area (Å²) in [7, 11) is 0. The minimum absolute atomic E-state index is 0.0430. The lowest BCUT2D eigenvalue weighted by Gasteiger charge is -1.98. The minimum Gasteiger partial charge on any atom is -0.349 e. The Labute approximate surface area is 65.0 Å². The largest absolute Gasteiger partial charge is 0.349 e. The quantitative estimate of drug-likeness (QED) is 0.661. The third-order valence-corrected chi connectivity index (χ3v) is 1.33. The fourth-order valence-corrected chi connectivity index (χ4v) is 0.702. The van der Waals surface area contributed by atoms with Crippen molar-refractivity contribution in [3.05, 3.63) is 18.2 Å². The van der Waals surface area contributed by atoms with Gasteiger partial charge in [-0.15, -0.1) is 0 Å². The van der Waals surface area contributed by atoms with Gasteiger partial charge in [-0.05, 0) is 0 Å². The molecule has 0 unspecified atom stereocenters. The Morgan fingerprint density at radius 2 is 2.64 bits per heavy atom. The lowest BCUT2D eigenvalue weighted by molar-refractivity contribution is -0.120. The molecule has 0 bridgehead atoms. The Balaban J connectivity index is 2.29. The Morgan fingerprint density at radius 3 is 3.18 bits per heavy atom. The number of amides is 1. The van der Waals surface area contributed by atoms with Crippen LogP contribution >= 0.6 is 0 Å². The van der Waals surface area contributed by atoms with Gasteiger partial charge in [0.25, 0.3) is 0 Å². The molecule has 1 amide bonds. The van der Waals surface area contributed by atoms with E-state index < -0.39 is 0 Å². The van der Waals surface area contributed by atoms with Gasteiger partial charge in [-0.2, -0.15) is 0 Å². The van der Waals surface area contributed by atoms with Crippen LogP contribution in [0, 0.1) is 0 Å². The Hall–Kier alpha value is -1.32.